The van der Waals surface area contributed by atoms with Crippen LogP contribution < -0.4 is 4.72 Å². The van der Waals surface area contributed by atoms with E-state index in [2.05, 4.69) is 19.9 Å². The van der Waals surface area contributed by atoms with E-state index >= 15 is 0 Å². The Morgan fingerprint density at radius 1 is 1.15 bits per heavy atom. The topological polar surface area (TPSA) is 89.8 Å². The summed E-state index contributed by atoms with van der Waals surface area (Å²) in [7, 11) is -3.64. The number of pyridine rings is 1. The molecule has 0 bridgehead atoms. The van der Waals surface area contributed by atoms with Crippen molar-refractivity contribution in [3.05, 3.63) is 60.4 Å². The first-order valence-corrected chi connectivity index (χ1v) is 9.61. The lowest BCUT2D eigenvalue weighted by molar-refractivity contribution is 0.423. The van der Waals surface area contributed by atoms with E-state index in [9.17, 15) is 12.8 Å². The molecule has 1 N–H and O–H groups in total. The van der Waals surface area contributed by atoms with Gasteiger partial charge in [0.2, 0.25) is 10.0 Å². The fraction of sp³-hybridized carbons (Fsp3) is 0.235. The molecule has 2 aromatic heterocycles. The molecule has 0 saturated carbocycles. The molecule has 134 valence electrons. The molecule has 0 radical (unpaired) electrons. The van der Waals surface area contributed by atoms with Crippen LogP contribution in [0.2, 0.25) is 0 Å². The Labute approximate surface area is 150 Å². The van der Waals surface area contributed by atoms with E-state index in [0.717, 1.165) is 11.4 Å². The van der Waals surface area contributed by atoms with Crippen molar-refractivity contribution >= 4 is 10.0 Å². The largest absolute Gasteiger partial charge is 0.309 e. The molecule has 4 rings (SSSR count). The quantitative estimate of drug-likeness (QED) is 0.753. The molecular formula is C17H16FN5O2S. The van der Waals surface area contributed by atoms with Crippen LogP contribution in [-0.4, -0.2) is 34.2 Å². The lowest BCUT2D eigenvalue weighted by atomic mass is 10.1. The summed E-state index contributed by atoms with van der Waals surface area (Å²) >= 11 is 0. The first kappa shape index (κ1) is 16.8. The summed E-state index contributed by atoms with van der Waals surface area (Å²) in [6.45, 7) is 0.411. The van der Waals surface area contributed by atoms with Gasteiger partial charge in [-0.3, -0.25) is 4.98 Å². The molecule has 1 aliphatic heterocycles. The zero-order valence-electron chi connectivity index (χ0n) is 13.7. The number of nitrogens with one attached hydrogen (secondary N) is 1. The highest BCUT2D eigenvalue weighted by Crippen LogP contribution is 2.24. The lowest BCUT2D eigenvalue weighted by Crippen LogP contribution is -2.41. The van der Waals surface area contributed by atoms with Crippen LogP contribution in [0.1, 0.15) is 12.2 Å². The number of nitrogens with zero attached hydrogens (tertiary/aromatic N) is 4. The second kappa shape index (κ2) is 6.58. The number of rotatable bonds is 4. The highest BCUT2D eigenvalue weighted by molar-refractivity contribution is 7.89. The third kappa shape index (κ3) is 3.23. The Kier molecular flexibility index (Phi) is 4.25. The van der Waals surface area contributed by atoms with Crippen LogP contribution >= 0.6 is 0 Å². The molecule has 0 fully saturated rings. The number of aromatic nitrogens is 4. The summed E-state index contributed by atoms with van der Waals surface area (Å²) in [5.41, 5.74) is 0.737. The van der Waals surface area contributed by atoms with Crippen molar-refractivity contribution in [2.75, 3.05) is 0 Å². The van der Waals surface area contributed by atoms with Crippen molar-refractivity contribution in [1.82, 2.24) is 24.5 Å². The zero-order chi connectivity index (χ0) is 18.1. The van der Waals surface area contributed by atoms with Crippen LogP contribution in [-0.2, 0) is 23.0 Å². The molecule has 3 heterocycles. The predicted octanol–water partition coefficient (Wildman–Crippen LogP) is 1.77. The van der Waals surface area contributed by atoms with Gasteiger partial charge in [0.25, 0.3) is 0 Å². The molecule has 26 heavy (non-hydrogen) atoms. The second-order valence-electron chi connectivity index (χ2n) is 6.10. The fourth-order valence-corrected chi connectivity index (χ4v) is 4.25. The van der Waals surface area contributed by atoms with Crippen LogP contribution in [0, 0.1) is 5.82 Å². The highest BCUT2D eigenvalue weighted by atomic mass is 32.2. The minimum absolute atomic E-state index is 0.133. The van der Waals surface area contributed by atoms with Gasteiger partial charge in [0.15, 0.2) is 5.82 Å². The molecule has 7 nitrogen and oxygen atoms in total. The van der Waals surface area contributed by atoms with Gasteiger partial charge in [0.1, 0.15) is 16.5 Å². The third-order valence-corrected chi connectivity index (χ3v) is 5.82. The molecule has 0 aliphatic carbocycles. The van der Waals surface area contributed by atoms with E-state index in [1.807, 2.05) is 4.57 Å². The van der Waals surface area contributed by atoms with Crippen molar-refractivity contribution in [2.24, 2.45) is 0 Å². The summed E-state index contributed by atoms with van der Waals surface area (Å²) in [6, 6.07) is 8.80. The number of benzene rings is 1. The van der Waals surface area contributed by atoms with E-state index < -0.39 is 10.0 Å². The van der Waals surface area contributed by atoms with Gasteiger partial charge in [-0.1, -0.05) is 0 Å². The van der Waals surface area contributed by atoms with Crippen LogP contribution in [0.5, 0.6) is 0 Å². The molecule has 0 amide bonds. The number of aryl methyl sites for hydroxylation is 1. The lowest BCUT2D eigenvalue weighted by Gasteiger charge is -2.25. The van der Waals surface area contributed by atoms with Gasteiger partial charge < -0.3 is 4.57 Å². The van der Waals surface area contributed by atoms with E-state index in [1.165, 1.54) is 30.6 Å². The molecule has 3 aromatic rings. The van der Waals surface area contributed by atoms with Crippen LogP contribution in [0.15, 0.2) is 53.7 Å². The smallest absolute Gasteiger partial charge is 0.242 e. The van der Waals surface area contributed by atoms with Crippen molar-refractivity contribution < 1.29 is 12.8 Å². The van der Waals surface area contributed by atoms with Crippen LogP contribution in [0.25, 0.3) is 11.4 Å². The second-order valence-corrected chi connectivity index (χ2v) is 7.82. The molecule has 1 unspecified atom stereocenters. The summed E-state index contributed by atoms with van der Waals surface area (Å²) in [4.78, 5) is 3.99. The molecule has 1 atom stereocenters. The van der Waals surface area contributed by atoms with Gasteiger partial charge in [-0.15, -0.1) is 10.2 Å². The van der Waals surface area contributed by atoms with E-state index in [0.29, 0.717) is 25.2 Å². The minimum atomic E-state index is -3.64. The maximum absolute atomic E-state index is 13.2. The fourth-order valence-electron chi connectivity index (χ4n) is 3.03. The molecule has 1 aliphatic rings. The zero-order valence-corrected chi connectivity index (χ0v) is 14.5. The average Bonchev–Trinajstić information content (AvgIpc) is 3.06. The van der Waals surface area contributed by atoms with Gasteiger partial charge in [0, 0.05) is 37.0 Å². The molecule has 0 saturated heterocycles. The Morgan fingerprint density at radius 2 is 1.96 bits per heavy atom. The standard InChI is InChI=1S/C17H16FN5O2S/c18-13-5-3-12(4-6-13)17-21-20-16-8-7-14(11-23(16)17)22-26(24,25)15-2-1-9-19-10-15/h1-6,9-10,14,22H,7-8,11H2. The van der Waals surface area contributed by atoms with Gasteiger partial charge in [-0.2, -0.15) is 0 Å². The summed E-state index contributed by atoms with van der Waals surface area (Å²) < 4.78 is 42.8. The predicted molar refractivity (Wildman–Crippen MR) is 92.1 cm³/mol. The van der Waals surface area contributed by atoms with Crippen molar-refractivity contribution in [3.8, 4) is 11.4 Å². The average molecular weight is 373 g/mol. The molecule has 9 heteroatoms. The SMILES string of the molecule is O=S(=O)(NC1CCc2nnc(-c3ccc(F)cc3)n2C1)c1cccnc1. The summed E-state index contributed by atoms with van der Waals surface area (Å²) in [6.07, 6.45) is 4.08. The Hall–Kier alpha value is -2.65. The van der Waals surface area contributed by atoms with Crippen molar-refractivity contribution in [1.29, 1.82) is 0 Å². The molecule has 1 aromatic carbocycles. The first-order chi connectivity index (χ1) is 12.5. The van der Waals surface area contributed by atoms with Gasteiger partial charge >= 0.3 is 0 Å². The van der Waals surface area contributed by atoms with Crippen molar-refractivity contribution in [2.45, 2.75) is 30.3 Å². The Balaban J connectivity index is 1.58. The van der Waals surface area contributed by atoms with Gasteiger partial charge in [-0.25, -0.2) is 17.5 Å². The monoisotopic (exact) mass is 373 g/mol. The third-order valence-electron chi connectivity index (χ3n) is 4.32. The summed E-state index contributed by atoms with van der Waals surface area (Å²) in [5, 5.41) is 8.37. The highest BCUT2D eigenvalue weighted by Gasteiger charge is 2.27. The van der Waals surface area contributed by atoms with Gasteiger partial charge in [0.05, 0.1) is 0 Å². The number of halogens is 1. The number of hydrogen-bond donors (Lipinski definition) is 1. The van der Waals surface area contributed by atoms with E-state index in [1.54, 1.807) is 18.2 Å². The maximum Gasteiger partial charge on any atom is 0.242 e. The normalized spacial score (nSPS) is 17.0. The number of sulfonamides is 1. The van der Waals surface area contributed by atoms with Crippen LogP contribution in [0.3, 0.4) is 0 Å². The maximum atomic E-state index is 13.2. The van der Waals surface area contributed by atoms with E-state index in [4.69, 9.17) is 0 Å². The Bertz CT molecular complexity index is 1020. The number of hydrogen-bond acceptors (Lipinski definition) is 5. The Morgan fingerprint density at radius 3 is 2.69 bits per heavy atom. The molecular weight excluding hydrogens is 357 g/mol. The minimum Gasteiger partial charge on any atom is -0.309 e. The van der Waals surface area contributed by atoms with Crippen LogP contribution in [0.4, 0.5) is 4.39 Å². The first-order valence-electron chi connectivity index (χ1n) is 8.13. The number of fused-ring (bicyclic) bond motifs is 1. The van der Waals surface area contributed by atoms with E-state index in [-0.39, 0.29) is 16.8 Å². The van der Waals surface area contributed by atoms with Crippen molar-refractivity contribution in [3.63, 3.8) is 0 Å². The molecule has 0 spiro atoms. The van der Waals surface area contributed by atoms with Gasteiger partial charge in [-0.05, 0) is 42.8 Å². The summed E-state index contributed by atoms with van der Waals surface area (Å²) in [5.74, 6) is 1.07.